The van der Waals surface area contributed by atoms with Crippen molar-refractivity contribution in [3.05, 3.63) is 23.8 Å². The highest BCUT2D eigenvalue weighted by molar-refractivity contribution is 5.93. The van der Waals surface area contributed by atoms with Crippen LogP contribution in [0.2, 0.25) is 0 Å². The second kappa shape index (κ2) is 4.68. The minimum Gasteiger partial charge on any atom is -0.496 e. The number of carbonyl (C=O) groups excluding carboxylic acids is 1. The molecule has 0 saturated heterocycles. The van der Waals surface area contributed by atoms with E-state index in [1.54, 1.807) is 12.1 Å². The molecule has 0 heterocycles. The van der Waals surface area contributed by atoms with Crippen LogP contribution in [0.25, 0.3) is 0 Å². The Morgan fingerprint density at radius 3 is 2.40 bits per heavy atom. The van der Waals surface area contributed by atoms with Crippen LogP contribution in [0, 0.1) is 0 Å². The Labute approximate surface area is 89.4 Å². The second-order valence-electron chi connectivity index (χ2n) is 3.27. The van der Waals surface area contributed by atoms with Gasteiger partial charge in [0.25, 0.3) is 0 Å². The molecule has 0 aliphatic rings. The number of carbonyl (C=O) groups is 1. The molecule has 0 fully saturated rings. The summed E-state index contributed by atoms with van der Waals surface area (Å²) in [6, 6.07) is 5.37. The normalized spacial score (nSPS) is 9.60. The maximum absolute atomic E-state index is 11.4. The summed E-state index contributed by atoms with van der Waals surface area (Å²) in [5.41, 5.74) is 1.36. The number of hydrogen-bond acceptors (Lipinski definition) is 4. The summed E-state index contributed by atoms with van der Waals surface area (Å²) in [7, 11) is 6.69. The molecule has 0 N–H and O–H groups in total. The Bertz CT molecular complexity index is 361. The van der Waals surface area contributed by atoms with Crippen LogP contribution in [-0.4, -0.2) is 34.3 Å². The van der Waals surface area contributed by atoms with Crippen molar-refractivity contribution in [2.45, 2.75) is 0 Å². The Kier molecular flexibility index (Phi) is 3.55. The third kappa shape index (κ3) is 2.40. The van der Waals surface area contributed by atoms with Gasteiger partial charge in [-0.25, -0.2) is 4.79 Å². The average Bonchev–Trinajstić information content (AvgIpc) is 2.27. The van der Waals surface area contributed by atoms with Crippen molar-refractivity contribution in [3.8, 4) is 5.75 Å². The smallest absolute Gasteiger partial charge is 0.341 e. The fourth-order valence-corrected chi connectivity index (χ4v) is 1.24. The van der Waals surface area contributed by atoms with E-state index in [9.17, 15) is 4.79 Å². The van der Waals surface area contributed by atoms with Crippen LogP contribution >= 0.6 is 0 Å². The lowest BCUT2D eigenvalue weighted by Crippen LogP contribution is -2.11. The standard InChI is InChI=1S/C11H15NO3/c1-12(2)8-5-6-10(14-3)9(7-8)11(13)15-4/h5-7H,1-4H3. The Morgan fingerprint density at radius 2 is 1.93 bits per heavy atom. The number of esters is 1. The quantitative estimate of drug-likeness (QED) is 0.708. The minimum absolute atomic E-state index is 0.393. The van der Waals surface area contributed by atoms with Gasteiger partial charge >= 0.3 is 5.97 Å². The van der Waals surface area contributed by atoms with Gasteiger partial charge in [-0.2, -0.15) is 0 Å². The monoisotopic (exact) mass is 209 g/mol. The zero-order chi connectivity index (χ0) is 11.4. The first-order valence-corrected chi connectivity index (χ1v) is 4.53. The highest BCUT2D eigenvalue weighted by Gasteiger charge is 2.13. The number of ether oxygens (including phenoxy) is 2. The minimum atomic E-state index is -0.393. The largest absolute Gasteiger partial charge is 0.496 e. The van der Waals surface area contributed by atoms with E-state index in [4.69, 9.17) is 4.74 Å². The molecule has 4 nitrogen and oxygen atoms in total. The Hall–Kier alpha value is -1.71. The Balaban J connectivity index is 3.19. The number of nitrogens with zero attached hydrogens (tertiary/aromatic N) is 1. The molecule has 1 aromatic carbocycles. The molecule has 1 aromatic rings. The van der Waals surface area contributed by atoms with Crippen molar-refractivity contribution >= 4 is 11.7 Å². The van der Waals surface area contributed by atoms with E-state index in [0.29, 0.717) is 11.3 Å². The number of benzene rings is 1. The molecule has 0 spiro atoms. The molecule has 4 heteroatoms. The number of methoxy groups -OCH3 is 2. The lowest BCUT2D eigenvalue weighted by Gasteiger charge is -2.15. The average molecular weight is 209 g/mol. The predicted octanol–water partition coefficient (Wildman–Crippen LogP) is 1.55. The highest BCUT2D eigenvalue weighted by atomic mass is 16.5. The van der Waals surface area contributed by atoms with Gasteiger partial charge < -0.3 is 14.4 Å². The third-order valence-electron chi connectivity index (χ3n) is 2.10. The molecule has 0 aliphatic carbocycles. The fraction of sp³-hybridized carbons (Fsp3) is 0.364. The van der Waals surface area contributed by atoms with E-state index in [-0.39, 0.29) is 0 Å². The van der Waals surface area contributed by atoms with E-state index in [2.05, 4.69) is 4.74 Å². The Morgan fingerprint density at radius 1 is 1.27 bits per heavy atom. The molecular weight excluding hydrogens is 194 g/mol. The molecule has 0 bridgehead atoms. The summed E-state index contributed by atoms with van der Waals surface area (Å²) < 4.78 is 9.76. The second-order valence-corrected chi connectivity index (χ2v) is 3.27. The van der Waals surface area contributed by atoms with Gasteiger partial charge in [-0.3, -0.25) is 0 Å². The van der Waals surface area contributed by atoms with E-state index in [0.717, 1.165) is 5.69 Å². The number of hydrogen-bond donors (Lipinski definition) is 0. The van der Waals surface area contributed by atoms with Gasteiger partial charge in [-0.15, -0.1) is 0 Å². The maximum atomic E-state index is 11.4. The number of rotatable bonds is 3. The van der Waals surface area contributed by atoms with Crippen molar-refractivity contribution in [3.63, 3.8) is 0 Å². The van der Waals surface area contributed by atoms with Crippen molar-refractivity contribution in [2.24, 2.45) is 0 Å². The zero-order valence-electron chi connectivity index (χ0n) is 9.40. The van der Waals surface area contributed by atoms with Gasteiger partial charge in [-0.05, 0) is 18.2 Å². The molecule has 82 valence electrons. The van der Waals surface area contributed by atoms with Crippen LogP contribution in [0.4, 0.5) is 5.69 Å². The molecule has 0 radical (unpaired) electrons. The predicted molar refractivity (Wildman–Crippen MR) is 58.7 cm³/mol. The third-order valence-corrected chi connectivity index (χ3v) is 2.10. The van der Waals surface area contributed by atoms with Gasteiger partial charge in [0.05, 0.1) is 14.2 Å². The van der Waals surface area contributed by atoms with Crippen LogP contribution in [0.1, 0.15) is 10.4 Å². The molecular formula is C11H15NO3. The molecule has 0 aliphatic heterocycles. The molecule has 0 amide bonds. The van der Waals surface area contributed by atoms with E-state index in [1.165, 1.54) is 14.2 Å². The summed E-state index contributed by atoms with van der Waals surface area (Å²) in [6.07, 6.45) is 0. The highest BCUT2D eigenvalue weighted by Crippen LogP contribution is 2.24. The first kappa shape index (κ1) is 11.4. The lowest BCUT2D eigenvalue weighted by molar-refractivity contribution is 0.0597. The molecule has 0 saturated carbocycles. The fourth-order valence-electron chi connectivity index (χ4n) is 1.24. The van der Waals surface area contributed by atoms with Crippen LogP contribution in [0.5, 0.6) is 5.75 Å². The van der Waals surface area contributed by atoms with E-state index < -0.39 is 5.97 Å². The molecule has 1 rings (SSSR count). The van der Waals surface area contributed by atoms with Gasteiger partial charge in [0.2, 0.25) is 0 Å². The molecule has 0 aromatic heterocycles. The maximum Gasteiger partial charge on any atom is 0.341 e. The SMILES string of the molecule is COC(=O)c1cc(N(C)C)ccc1OC. The van der Waals surface area contributed by atoms with Crippen molar-refractivity contribution in [2.75, 3.05) is 33.2 Å². The summed E-state index contributed by atoms with van der Waals surface area (Å²) in [4.78, 5) is 13.4. The topological polar surface area (TPSA) is 38.8 Å². The lowest BCUT2D eigenvalue weighted by atomic mass is 10.1. The summed E-state index contributed by atoms with van der Waals surface area (Å²) in [6.45, 7) is 0. The van der Waals surface area contributed by atoms with E-state index in [1.807, 2.05) is 25.1 Å². The van der Waals surface area contributed by atoms with Crippen molar-refractivity contribution < 1.29 is 14.3 Å². The first-order valence-electron chi connectivity index (χ1n) is 4.53. The van der Waals surface area contributed by atoms with Crippen LogP contribution in [-0.2, 0) is 4.74 Å². The summed E-state index contributed by atoms with van der Waals surface area (Å²) >= 11 is 0. The molecule has 0 unspecified atom stereocenters. The van der Waals surface area contributed by atoms with Crippen LogP contribution in [0.3, 0.4) is 0 Å². The van der Waals surface area contributed by atoms with Gasteiger partial charge in [-0.1, -0.05) is 0 Å². The summed E-state index contributed by atoms with van der Waals surface area (Å²) in [5.74, 6) is 0.128. The summed E-state index contributed by atoms with van der Waals surface area (Å²) in [5, 5.41) is 0. The van der Waals surface area contributed by atoms with Crippen LogP contribution in [0.15, 0.2) is 18.2 Å². The molecule has 15 heavy (non-hydrogen) atoms. The zero-order valence-corrected chi connectivity index (χ0v) is 9.40. The van der Waals surface area contributed by atoms with Gasteiger partial charge in [0.1, 0.15) is 11.3 Å². The van der Waals surface area contributed by atoms with Crippen LogP contribution < -0.4 is 9.64 Å². The first-order chi connectivity index (χ1) is 7.10. The van der Waals surface area contributed by atoms with Crippen molar-refractivity contribution in [1.82, 2.24) is 0 Å². The molecule has 0 atom stereocenters. The van der Waals surface area contributed by atoms with Crippen molar-refractivity contribution in [1.29, 1.82) is 0 Å². The number of anilines is 1. The van der Waals surface area contributed by atoms with Gasteiger partial charge in [0, 0.05) is 19.8 Å². The van der Waals surface area contributed by atoms with E-state index >= 15 is 0 Å². The van der Waals surface area contributed by atoms with Gasteiger partial charge in [0.15, 0.2) is 0 Å².